The van der Waals surface area contributed by atoms with Gasteiger partial charge >= 0.3 is 5.97 Å². The van der Waals surface area contributed by atoms with E-state index >= 15 is 4.39 Å². The number of aliphatic hydroxyl groups is 1. The Morgan fingerprint density at radius 3 is 2.34 bits per heavy atom. The van der Waals surface area contributed by atoms with Gasteiger partial charge in [0.1, 0.15) is 31.8 Å². The molecule has 3 aliphatic heterocycles. The number of fused-ring (bicyclic) bond motifs is 5. The second kappa shape index (κ2) is 23.2. The number of nitrogens with one attached hydrogen (secondary N) is 6. The van der Waals surface area contributed by atoms with E-state index in [9.17, 15) is 53.1 Å². The fourth-order valence-corrected chi connectivity index (χ4v) is 9.96. The molecule has 0 unspecified atom stereocenters. The first-order valence-electron chi connectivity index (χ1n) is 25.0. The number of rotatable bonds is 22. The van der Waals surface area contributed by atoms with Crippen molar-refractivity contribution >= 4 is 64.1 Å². The van der Waals surface area contributed by atoms with Crippen molar-refractivity contribution in [1.82, 2.24) is 46.4 Å². The zero-order valence-corrected chi connectivity index (χ0v) is 42.2. The number of ether oxygens (including phenoxy) is 2. The number of esters is 1. The number of carbonyl (C=O) groups excluding carboxylic acids is 9. The van der Waals surface area contributed by atoms with Gasteiger partial charge in [-0.25, -0.2) is 14.2 Å². The molecule has 22 nitrogen and oxygen atoms in total. The van der Waals surface area contributed by atoms with E-state index in [-0.39, 0.29) is 61.9 Å². The minimum absolute atomic E-state index is 0.0362. The maximum absolute atomic E-state index is 15.4. The van der Waals surface area contributed by atoms with Crippen molar-refractivity contribution in [3.63, 3.8) is 0 Å². The van der Waals surface area contributed by atoms with E-state index in [4.69, 9.17) is 14.5 Å². The molecule has 5 heterocycles. The van der Waals surface area contributed by atoms with Gasteiger partial charge in [-0.2, -0.15) is 0 Å². The third-order valence-corrected chi connectivity index (χ3v) is 14.0. The summed E-state index contributed by atoms with van der Waals surface area (Å²) in [5, 5.41) is 27.4. The van der Waals surface area contributed by atoms with Crippen molar-refractivity contribution in [2.75, 3.05) is 39.5 Å². The Morgan fingerprint density at radius 2 is 1.61 bits per heavy atom. The molecule has 400 valence electrons. The quantitative estimate of drug-likeness (QED) is 0.0217. The van der Waals surface area contributed by atoms with Crippen LogP contribution < -0.4 is 37.5 Å². The Labute approximate surface area is 434 Å². The molecule has 4 aromatic rings. The number of benzene rings is 2. The summed E-state index contributed by atoms with van der Waals surface area (Å²) in [4.78, 5) is 134. The number of aryl methyl sites for hydroxylation is 1. The molecule has 0 saturated heterocycles. The molecular formula is C53H58FN9O13. The minimum atomic E-state index is -2.05. The molecule has 0 fully saturated rings. The van der Waals surface area contributed by atoms with E-state index in [1.165, 1.54) is 16.7 Å². The number of hydrogen-bond acceptors (Lipinski definition) is 14. The van der Waals surface area contributed by atoms with Gasteiger partial charge in [-0.05, 0) is 74.3 Å². The lowest BCUT2D eigenvalue weighted by molar-refractivity contribution is -0.172. The molecule has 1 aliphatic carbocycles. The van der Waals surface area contributed by atoms with Crippen molar-refractivity contribution in [3.05, 3.63) is 109 Å². The predicted molar refractivity (Wildman–Crippen MR) is 267 cm³/mol. The van der Waals surface area contributed by atoms with E-state index < -0.39 is 103 Å². The largest absolute Gasteiger partial charge is 0.458 e. The number of unbranched alkanes of at least 4 members (excludes halogenated alkanes) is 2. The van der Waals surface area contributed by atoms with Crippen molar-refractivity contribution in [2.24, 2.45) is 0 Å². The maximum atomic E-state index is 15.4. The molecule has 8 amide bonds. The molecule has 0 radical (unpaired) electrons. The standard InChI is InChI=1S/C53H58FN9O13/c1-4-53(74)34-19-39-48-32(24-63(39)51(72)33(34)25-76-52(53)73)47-36(15-14-31-29(3)35(54)20-37(61-48)46(31)47)59-44(68)26-75-27-58-42(66)22-57-49(70)38(18-30-11-7-5-8-12-30)60-43(67)23-56-41(65)21-55-40(64)13-9-6-10-16-62-45(69)17-28(2)50(62)71/h5,7-8,11-12,17,19-20,36,38,74H,4,6,9-10,13-16,18,21-27H2,1-3H3,(H,55,64)(H,56,65)(H,57,70)(H,58,66)(H,59,68)(H,60,67)/t36-,38-,53-/m0/s1. The first-order chi connectivity index (χ1) is 36.4. The van der Waals surface area contributed by atoms with E-state index in [2.05, 4.69) is 31.9 Å². The Bertz CT molecular complexity index is 3160. The number of halogens is 1. The number of amides is 8. The van der Waals surface area contributed by atoms with Crippen LogP contribution in [0.15, 0.2) is 58.9 Å². The van der Waals surface area contributed by atoms with Crippen molar-refractivity contribution < 1.29 is 62.1 Å². The summed E-state index contributed by atoms with van der Waals surface area (Å²) in [6.45, 7) is 2.45. The predicted octanol–water partition coefficient (Wildman–Crippen LogP) is 0.673. The third kappa shape index (κ3) is 11.5. The number of carbonyl (C=O) groups is 9. The van der Waals surface area contributed by atoms with E-state index in [1.54, 1.807) is 57.2 Å². The average Bonchev–Trinajstić information content (AvgIpc) is 3.97. The number of aromatic nitrogens is 2. The van der Waals surface area contributed by atoms with Crippen LogP contribution in [-0.4, -0.2) is 118 Å². The van der Waals surface area contributed by atoms with Gasteiger partial charge in [0, 0.05) is 53.6 Å². The Balaban J connectivity index is 0.800. The van der Waals surface area contributed by atoms with Crippen LogP contribution in [0.5, 0.6) is 0 Å². The zero-order valence-electron chi connectivity index (χ0n) is 42.2. The highest BCUT2D eigenvalue weighted by molar-refractivity contribution is 6.15. The second-order valence-corrected chi connectivity index (χ2v) is 19.1. The van der Waals surface area contributed by atoms with Crippen LogP contribution in [0, 0.1) is 12.7 Å². The van der Waals surface area contributed by atoms with E-state index in [0.29, 0.717) is 82.2 Å². The highest BCUT2D eigenvalue weighted by atomic mass is 19.1. The van der Waals surface area contributed by atoms with Gasteiger partial charge < -0.3 is 51.0 Å². The smallest absolute Gasteiger partial charge is 0.343 e. The molecule has 4 aliphatic rings. The zero-order chi connectivity index (χ0) is 54.4. The van der Waals surface area contributed by atoms with Crippen LogP contribution in [0.1, 0.15) is 97.4 Å². The maximum Gasteiger partial charge on any atom is 0.343 e. The molecule has 23 heteroatoms. The first-order valence-corrected chi connectivity index (χ1v) is 25.0. The summed E-state index contributed by atoms with van der Waals surface area (Å²) in [5.74, 6) is -5.73. The van der Waals surface area contributed by atoms with Gasteiger partial charge in [-0.1, -0.05) is 43.7 Å². The van der Waals surface area contributed by atoms with Crippen molar-refractivity contribution in [2.45, 2.75) is 103 Å². The third-order valence-electron chi connectivity index (χ3n) is 14.0. The SMILES string of the molecule is CC[C@@]1(O)C(=O)OCc2c1cc1n(c2=O)Cc2c-1nc1cc(F)c(C)c3c1c2[C@@H](NC(=O)COCNC(=O)CNC(=O)[C@H](Cc1ccccc1)NC(=O)CNC(=O)CNC(=O)CCCCCN1C(=O)C=C(C)C1=O)CC3. The minimum Gasteiger partial charge on any atom is -0.458 e. The number of nitrogens with zero attached hydrogens (tertiary/aromatic N) is 3. The topological polar surface area (TPSA) is 303 Å². The Kier molecular flexibility index (Phi) is 16.5. The van der Waals surface area contributed by atoms with Crippen LogP contribution in [0.2, 0.25) is 0 Å². The number of cyclic esters (lactones) is 1. The molecule has 0 bridgehead atoms. The lowest BCUT2D eigenvalue weighted by Crippen LogP contribution is -2.52. The van der Waals surface area contributed by atoms with E-state index in [1.807, 2.05) is 0 Å². The molecule has 2 aromatic heterocycles. The number of imide groups is 1. The molecule has 3 atom stereocenters. The van der Waals surface area contributed by atoms with Crippen molar-refractivity contribution in [1.29, 1.82) is 0 Å². The molecule has 8 rings (SSSR count). The number of pyridine rings is 2. The second-order valence-electron chi connectivity index (χ2n) is 19.1. The summed E-state index contributed by atoms with van der Waals surface area (Å²) in [6.07, 6.45) is 3.69. The van der Waals surface area contributed by atoms with Gasteiger partial charge in [0.25, 0.3) is 17.4 Å². The summed E-state index contributed by atoms with van der Waals surface area (Å²) < 4.78 is 27.5. The van der Waals surface area contributed by atoms with Crippen LogP contribution in [0.3, 0.4) is 0 Å². The van der Waals surface area contributed by atoms with Crippen LogP contribution in [0.25, 0.3) is 22.3 Å². The summed E-state index contributed by atoms with van der Waals surface area (Å²) in [6, 6.07) is 9.83. The fraction of sp³-hybridized carbons (Fsp3) is 0.415. The number of hydrogen-bond donors (Lipinski definition) is 7. The van der Waals surface area contributed by atoms with Crippen LogP contribution >= 0.6 is 0 Å². The van der Waals surface area contributed by atoms with Gasteiger partial charge in [-0.15, -0.1) is 0 Å². The average molecular weight is 1050 g/mol. The molecular weight excluding hydrogens is 990 g/mol. The van der Waals surface area contributed by atoms with E-state index in [0.717, 1.165) is 10.5 Å². The Morgan fingerprint density at radius 1 is 0.882 bits per heavy atom. The molecule has 0 spiro atoms. The highest BCUT2D eigenvalue weighted by Crippen LogP contribution is 2.46. The van der Waals surface area contributed by atoms with Gasteiger partial charge in [0.15, 0.2) is 5.60 Å². The van der Waals surface area contributed by atoms with Crippen molar-refractivity contribution in [3.8, 4) is 11.4 Å². The van der Waals surface area contributed by atoms with Gasteiger partial charge in [0.05, 0.1) is 54.7 Å². The lowest BCUT2D eigenvalue weighted by Gasteiger charge is -2.31. The normalized spacial score (nSPS) is 17.4. The summed E-state index contributed by atoms with van der Waals surface area (Å²) >= 11 is 0. The Hall–Kier alpha value is -8.18. The monoisotopic (exact) mass is 1050 g/mol. The van der Waals surface area contributed by atoms with Crippen LogP contribution in [-0.2, 0) is 84.2 Å². The molecule has 76 heavy (non-hydrogen) atoms. The summed E-state index contributed by atoms with van der Waals surface area (Å²) in [5.41, 5.74) is 2.22. The molecule has 2 aromatic carbocycles. The molecule has 7 N–H and O–H groups in total. The first kappa shape index (κ1) is 54.1. The summed E-state index contributed by atoms with van der Waals surface area (Å²) in [7, 11) is 0. The van der Waals surface area contributed by atoms with Crippen LogP contribution in [0.4, 0.5) is 4.39 Å². The van der Waals surface area contributed by atoms with Gasteiger partial charge in [0.2, 0.25) is 35.4 Å². The molecule has 0 saturated carbocycles. The lowest BCUT2D eigenvalue weighted by atomic mass is 9.81. The fourth-order valence-electron chi connectivity index (χ4n) is 9.96. The highest BCUT2D eigenvalue weighted by Gasteiger charge is 2.46. The van der Waals surface area contributed by atoms with Gasteiger partial charge in [-0.3, -0.25) is 48.1 Å².